The van der Waals surface area contributed by atoms with Crippen LogP contribution in [0.1, 0.15) is 20.8 Å². The summed E-state index contributed by atoms with van der Waals surface area (Å²) in [4.78, 5) is 23.8. The maximum absolute atomic E-state index is 11.7. The van der Waals surface area contributed by atoms with E-state index in [1.165, 1.54) is 11.8 Å². The molecule has 5 N–H and O–H groups in total. The zero-order valence-corrected chi connectivity index (χ0v) is 14.2. The fourth-order valence-corrected chi connectivity index (χ4v) is 2.60. The molecule has 0 saturated carbocycles. The van der Waals surface area contributed by atoms with Gasteiger partial charge in [-0.15, -0.1) is 0 Å². The summed E-state index contributed by atoms with van der Waals surface area (Å²) in [6.07, 6.45) is -3.28. The Labute approximate surface area is 141 Å². The van der Waals surface area contributed by atoms with E-state index in [1.54, 1.807) is 13.8 Å². The number of rotatable bonds is 8. The van der Waals surface area contributed by atoms with Gasteiger partial charge in [-0.3, -0.25) is 9.59 Å². The first kappa shape index (κ1) is 20.9. The number of hydrogen-bond acceptors (Lipinski definition) is 8. The lowest BCUT2D eigenvalue weighted by Gasteiger charge is -2.42. The van der Waals surface area contributed by atoms with E-state index in [2.05, 4.69) is 0 Å². The van der Waals surface area contributed by atoms with E-state index >= 15 is 0 Å². The fourth-order valence-electron chi connectivity index (χ4n) is 2.60. The number of nitrogens with two attached hydrogens (primary N) is 1. The van der Waals surface area contributed by atoms with Gasteiger partial charge in [-0.25, -0.2) is 0 Å². The van der Waals surface area contributed by atoms with Crippen LogP contribution in [0.3, 0.4) is 0 Å². The quantitative estimate of drug-likeness (QED) is 0.386. The van der Waals surface area contributed by atoms with Gasteiger partial charge in [0.05, 0.1) is 18.8 Å². The molecule has 2 unspecified atom stereocenters. The topological polar surface area (TPSA) is 143 Å². The summed E-state index contributed by atoms with van der Waals surface area (Å²) in [7, 11) is 0. The van der Waals surface area contributed by atoms with Crippen LogP contribution in [-0.2, 0) is 19.1 Å². The van der Waals surface area contributed by atoms with Gasteiger partial charge in [0.25, 0.3) is 0 Å². The van der Waals surface area contributed by atoms with Crippen LogP contribution < -0.4 is 5.73 Å². The molecule has 1 aliphatic rings. The maximum atomic E-state index is 11.7. The van der Waals surface area contributed by atoms with Crippen LogP contribution in [0.15, 0.2) is 0 Å². The molecule has 1 radical (unpaired) electrons. The monoisotopic (exact) mass is 347 g/mol. The van der Waals surface area contributed by atoms with E-state index in [1.807, 2.05) is 6.29 Å². The highest BCUT2D eigenvalue weighted by Gasteiger charge is 2.44. The minimum Gasteiger partial charge on any atom is -0.394 e. The van der Waals surface area contributed by atoms with Gasteiger partial charge in [0, 0.05) is 25.9 Å². The van der Waals surface area contributed by atoms with E-state index in [-0.39, 0.29) is 19.0 Å². The van der Waals surface area contributed by atoms with Gasteiger partial charge in [-0.05, 0) is 6.92 Å². The molecule has 1 amide bonds. The third-order valence-electron chi connectivity index (χ3n) is 3.93. The lowest BCUT2D eigenvalue weighted by atomic mass is 9.97. The Morgan fingerprint density at radius 3 is 2.50 bits per heavy atom. The van der Waals surface area contributed by atoms with E-state index in [0.717, 1.165) is 0 Å². The molecule has 0 spiro atoms. The molecule has 1 saturated heterocycles. The molecule has 9 heteroatoms. The van der Waals surface area contributed by atoms with Crippen molar-refractivity contribution in [2.75, 3.05) is 19.7 Å². The van der Waals surface area contributed by atoms with Crippen molar-refractivity contribution in [1.29, 1.82) is 0 Å². The molecule has 9 nitrogen and oxygen atoms in total. The highest BCUT2D eigenvalue weighted by atomic mass is 16.6. The Hall–Kier alpha value is -1.10. The van der Waals surface area contributed by atoms with E-state index < -0.39 is 49.3 Å². The van der Waals surface area contributed by atoms with Gasteiger partial charge in [-0.1, -0.05) is 6.92 Å². The number of aliphatic hydroxyl groups is 3. The highest BCUT2D eigenvalue weighted by molar-refractivity contribution is 5.73. The van der Waals surface area contributed by atoms with Crippen molar-refractivity contribution >= 4 is 12.2 Å². The molecule has 1 aliphatic heterocycles. The van der Waals surface area contributed by atoms with E-state index in [9.17, 15) is 24.9 Å². The lowest BCUT2D eigenvalue weighted by Crippen LogP contribution is -2.63. The molecular formula is C15H27N2O7. The summed E-state index contributed by atoms with van der Waals surface area (Å²) in [5, 5.41) is 29.1. The maximum Gasteiger partial charge on any atom is 0.219 e. The molecule has 7 atom stereocenters. The lowest BCUT2D eigenvalue weighted by molar-refractivity contribution is -0.263. The van der Waals surface area contributed by atoms with Crippen LogP contribution >= 0.6 is 0 Å². The first-order chi connectivity index (χ1) is 11.2. The summed E-state index contributed by atoms with van der Waals surface area (Å²) in [5.41, 5.74) is 5.80. The Kier molecular flexibility index (Phi) is 8.20. The number of nitrogens with zero attached hydrogens (tertiary/aromatic N) is 1. The van der Waals surface area contributed by atoms with Crippen molar-refractivity contribution in [3.05, 3.63) is 0 Å². The van der Waals surface area contributed by atoms with Crippen LogP contribution in [-0.4, -0.2) is 88.9 Å². The Bertz CT molecular complexity index is 423. The molecule has 0 aromatic carbocycles. The molecule has 24 heavy (non-hydrogen) atoms. The summed E-state index contributed by atoms with van der Waals surface area (Å²) >= 11 is 0. The Morgan fingerprint density at radius 1 is 1.38 bits per heavy atom. The van der Waals surface area contributed by atoms with Gasteiger partial charge < -0.3 is 35.4 Å². The molecular weight excluding hydrogens is 320 g/mol. The first-order valence-corrected chi connectivity index (χ1v) is 7.87. The number of aliphatic hydroxyl groups excluding tert-OH is 3. The largest absolute Gasteiger partial charge is 0.394 e. The number of hydrogen-bond donors (Lipinski definition) is 4. The van der Waals surface area contributed by atoms with Crippen LogP contribution in [0, 0.1) is 5.92 Å². The highest BCUT2D eigenvalue weighted by Crippen LogP contribution is 2.22. The number of carbonyl (C=O) groups excluding carboxylic acids is 2. The van der Waals surface area contributed by atoms with Crippen molar-refractivity contribution in [2.24, 2.45) is 11.7 Å². The smallest absolute Gasteiger partial charge is 0.219 e. The summed E-state index contributed by atoms with van der Waals surface area (Å²) in [5.74, 6) is -0.657. The van der Waals surface area contributed by atoms with Gasteiger partial charge in [0.2, 0.25) is 12.2 Å². The molecule has 0 aromatic heterocycles. The molecule has 0 aromatic rings. The molecule has 1 rings (SSSR count). The molecule has 139 valence electrons. The Balaban J connectivity index is 2.70. The zero-order chi connectivity index (χ0) is 18.4. The molecule has 0 aliphatic carbocycles. The number of ether oxygens (including phenoxy) is 2. The summed E-state index contributed by atoms with van der Waals surface area (Å²) < 4.78 is 10.7. The molecule has 1 fully saturated rings. The zero-order valence-electron chi connectivity index (χ0n) is 14.2. The standard InChI is InChI=1S/C15H27N2O7/c1-8(6-18)4-17(10(3)20)5-9(2)23-14-12(16)15(22)24-11(7-19)13(14)21/h8-9,11-15,19,21-22H,4-5,7,16H2,1-3H3/t8?,9?,11-,12-,13-,14-,15+/m1/s1. The second-order valence-electron chi connectivity index (χ2n) is 6.17. The van der Waals surface area contributed by atoms with Crippen molar-refractivity contribution in [2.45, 2.75) is 57.5 Å². The average Bonchev–Trinajstić information content (AvgIpc) is 2.53. The predicted octanol–water partition coefficient (Wildman–Crippen LogP) is -2.25. The van der Waals surface area contributed by atoms with Gasteiger partial charge >= 0.3 is 0 Å². The minimum absolute atomic E-state index is 0.179. The fraction of sp³-hybridized carbons (Fsp3) is 0.867. The van der Waals surface area contributed by atoms with Crippen LogP contribution in [0.5, 0.6) is 0 Å². The number of amides is 1. The van der Waals surface area contributed by atoms with Gasteiger partial charge in [0.1, 0.15) is 18.3 Å². The van der Waals surface area contributed by atoms with Crippen LogP contribution in [0.25, 0.3) is 0 Å². The second kappa shape index (κ2) is 9.40. The first-order valence-electron chi connectivity index (χ1n) is 7.87. The average molecular weight is 347 g/mol. The third kappa shape index (κ3) is 5.47. The predicted molar refractivity (Wildman–Crippen MR) is 83.4 cm³/mol. The third-order valence-corrected chi connectivity index (χ3v) is 3.93. The van der Waals surface area contributed by atoms with Crippen LogP contribution in [0.2, 0.25) is 0 Å². The summed E-state index contributed by atoms with van der Waals surface area (Å²) in [6, 6.07) is -1.00. The van der Waals surface area contributed by atoms with Crippen molar-refractivity contribution in [3.8, 4) is 0 Å². The van der Waals surface area contributed by atoms with Gasteiger partial charge in [-0.2, -0.15) is 0 Å². The molecule has 1 heterocycles. The van der Waals surface area contributed by atoms with Crippen molar-refractivity contribution in [3.63, 3.8) is 0 Å². The minimum atomic E-state index is -1.38. The second-order valence-corrected chi connectivity index (χ2v) is 6.17. The van der Waals surface area contributed by atoms with Crippen molar-refractivity contribution < 1.29 is 34.4 Å². The van der Waals surface area contributed by atoms with Crippen molar-refractivity contribution in [1.82, 2.24) is 4.90 Å². The number of carbonyl (C=O) groups is 1. The molecule has 0 bridgehead atoms. The SMILES string of the molecule is CC(=O)N(CC(C)[C]=O)CC(C)O[C@@H]1[C@@H](N)[C@@H](O)O[C@H](CO)[C@H]1O. The van der Waals surface area contributed by atoms with Gasteiger partial charge in [0.15, 0.2) is 6.29 Å². The Morgan fingerprint density at radius 2 is 2.00 bits per heavy atom. The van der Waals surface area contributed by atoms with E-state index in [4.69, 9.17) is 15.2 Å². The van der Waals surface area contributed by atoms with Crippen LogP contribution in [0.4, 0.5) is 0 Å². The summed E-state index contributed by atoms with van der Waals surface area (Å²) in [6.45, 7) is 4.60. The van der Waals surface area contributed by atoms with E-state index in [0.29, 0.717) is 0 Å². The normalized spacial score (nSPS) is 32.9.